The van der Waals surface area contributed by atoms with Crippen molar-refractivity contribution in [2.45, 2.75) is 20.5 Å². The normalized spacial score (nSPS) is 11.5. The molecule has 5 aromatic rings. The predicted octanol–water partition coefficient (Wildman–Crippen LogP) is 4.02. The average Bonchev–Trinajstić information content (AvgIpc) is 3.27. The third-order valence-corrected chi connectivity index (χ3v) is 5.64. The van der Waals surface area contributed by atoms with Gasteiger partial charge in [0, 0.05) is 28.1 Å². The van der Waals surface area contributed by atoms with Crippen LogP contribution in [0.3, 0.4) is 0 Å². The zero-order chi connectivity index (χ0) is 20.1. The predicted molar refractivity (Wildman–Crippen MR) is 109 cm³/mol. The number of esters is 1. The van der Waals surface area contributed by atoms with Gasteiger partial charge in [0.1, 0.15) is 12.2 Å². The van der Waals surface area contributed by atoms with E-state index in [1.807, 2.05) is 43.3 Å². The molecule has 7 nitrogen and oxygen atoms in total. The minimum absolute atomic E-state index is 0.0669. The lowest BCUT2D eigenvalue weighted by atomic mass is 10.1. The van der Waals surface area contributed by atoms with E-state index in [0.29, 0.717) is 21.2 Å². The molecule has 2 aromatic carbocycles. The number of aromatic nitrogens is 3. The van der Waals surface area contributed by atoms with E-state index in [1.54, 1.807) is 6.92 Å². The molecule has 5 rings (SSSR count). The second-order valence-electron chi connectivity index (χ2n) is 6.72. The lowest BCUT2D eigenvalue weighted by Crippen LogP contribution is -2.14. The first-order valence-corrected chi connectivity index (χ1v) is 9.77. The number of ether oxygens (including phenoxy) is 1. The Labute approximate surface area is 168 Å². The quantitative estimate of drug-likeness (QED) is 0.421. The molecule has 144 valence electrons. The summed E-state index contributed by atoms with van der Waals surface area (Å²) in [6, 6.07) is 13.2. The molecule has 3 heterocycles. The van der Waals surface area contributed by atoms with Crippen molar-refractivity contribution in [3.63, 3.8) is 0 Å². The van der Waals surface area contributed by atoms with Gasteiger partial charge < -0.3 is 9.15 Å². The lowest BCUT2D eigenvalue weighted by Gasteiger charge is -2.00. The fourth-order valence-electron chi connectivity index (χ4n) is 3.36. The van der Waals surface area contributed by atoms with Gasteiger partial charge >= 0.3 is 5.97 Å². The van der Waals surface area contributed by atoms with Crippen LogP contribution in [0.4, 0.5) is 0 Å². The van der Waals surface area contributed by atoms with Crippen LogP contribution in [0.1, 0.15) is 26.8 Å². The van der Waals surface area contributed by atoms with E-state index in [4.69, 9.17) is 9.15 Å². The van der Waals surface area contributed by atoms with Gasteiger partial charge in [0.25, 0.3) is 5.56 Å². The molecule has 0 N–H and O–H groups in total. The molecular weight excluding hydrogens is 390 g/mol. The van der Waals surface area contributed by atoms with Gasteiger partial charge in [-0.2, -0.15) is 9.61 Å². The highest BCUT2D eigenvalue weighted by Crippen LogP contribution is 2.32. The number of benzene rings is 2. The summed E-state index contributed by atoms with van der Waals surface area (Å²) in [5.41, 5.74) is 1.75. The second-order valence-corrected chi connectivity index (χ2v) is 7.76. The molecule has 29 heavy (non-hydrogen) atoms. The lowest BCUT2D eigenvalue weighted by molar-refractivity contribution is 0.0436. The molecule has 0 aliphatic heterocycles. The third-order valence-electron chi connectivity index (χ3n) is 4.76. The van der Waals surface area contributed by atoms with Crippen molar-refractivity contribution in [2.75, 3.05) is 0 Å². The molecule has 8 heteroatoms. The first-order chi connectivity index (χ1) is 14.0. The molecule has 0 bridgehead atoms. The van der Waals surface area contributed by atoms with Crippen molar-refractivity contribution in [3.8, 4) is 0 Å². The summed E-state index contributed by atoms with van der Waals surface area (Å²) >= 11 is 1.21. The highest BCUT2D eigenvalue weighted by Gasteiger charge is 2.21. The van der Waals surface area contributed by atoms with Gasteiger partial charge in [-0.15, -0.1) is 0 Å². The molecule has 0 aliphatic rings. The Hall–Kier alpha value is -3.52. The Morgan fingerprint density at radius 1 is 1.17 bits per heavy atom. The number of hydrogen-bond acceptors (Lipinski definition) is 7. The van der Waals surface area contributed by atoms with Crippen molar-refractivity contribution in [3.05, 3.63) is 74.8 Å². The van der Waals surface area contributed by atoms with Crippen LogP contribution in [0.5, 0.6) is 0 Å². The van der Waals surface area contributed by atoms with Crippen LogP contribution in [0.2, 0.25) is 0 Å². The van der Waals surface area contributed by atoms with Gasteiger partial charge in [-0.1, -0.05) is 47.7 Å². The van der Waals surface area contributed by atoms with Crippen molar-refractivity contribution in [1.82, 2.24) is 14.6 Å². The summed E-state index contributed by atoms with van der Waals surface area (Å²) in [6.07, 6.45) is 0. The molecule has 0 unspecified atom stereocenters. The molecule has 0 saturated carbocycles. The maximum absolute atomic E-state index is 12.7. The number of carbonyl (C=O) groups is 1. The maximum atomic E-state index is 12.7. The van der Waals surface area contributed by atoms with E-state index in [9.17, 15) is 9.59 Å². The van der Waals surface area contributed by atoms with E-state index in [2.05, 4.69) is 10.1 Å². The van der Waals surface area contributed by atoms with Crippen LogP contribution < -0.4 is 5.56 Å². The van der Waals surface area contributed by atoms with Crippen molar-refractivity contribution in [2.24, 2.45) is 0 Å². The van der Waals surface area contributed by atoms with Crippen molar-refractivity contribution >= 4 is 44.0 Å². The van der Waals surface area contributed by atoms with E-state index >= 15 is 0 Å². The van der Waals surface area contributed by atoms with Gasteiger partial charge in [0.15, 0.2) is 5.01 Å². The number of carbonyl (C=O) groups excluding carboxylic acids is 1. The summed E-state index contributed by atoms with van der Waals surface area (Å²) in [5.74, 6) is -0.401. The van der Waals surface area contributed by atoms with Gasteiger partial charge in [0.05, 0.1) is 0 Å². The Kier molecular flexibility index (Phi) is 3.95. The Bertz CT molecular complexity index is 1480. The Balaban J connectivity index is 1.46. The van der Waals surface area contributed by atoms with Gasteiger partial charge in [-0.3, -0.25) is 4.79 Å². The molecule has 0 spiro atoms. The fraction of sp³-hybridized carbons (Fsp3) is 0.143. The molecular formula is C21H15N3O4S. The van der Waals surface area contributed by atoms with Crippen LogP contribution in [-0.2, 0) is 11.3 Å². The summed E-state index contributed by atoms with van der Waals surface area (Å²) in [7, 11) is 0. The Morgan fingerprint density at radius 3 is 2.86 bits per heavy atom. The maximum Gasteiger partial charge on any atom is 0.374 e. The van der Waals surface area contributed by atoms with E-state index in [0.717, 1.165) is 21.7 Å². The smallest absolute Gasteiger partial charge is 0.374 e. The minimum atomic E-state index is -0.571. The van der Waals surface area contributed by atoms with E-state index in [-0.39, 0.29) is 17.9 Å². The van der Waals surface area contributed by atoms with E-state index in [1.165, 1.54) is 21.9 Å². The second kappa shape index (κ2) is 6.52. The number of rotatable bonds is 3. The van der Waals surface area contributed by atoms with Crippen LogP contribution in [-0.4, -0.2) is 20.6 Å². The number of aryl methyl sites for hydroxylation is 2. The Morgan fingerprint density at radius 2 is 2.00 bits per heavy atom. The highest BCUT2D eigenvalue weighted by molar-refractivity contribution is 7.16. The molecule has 0 radical (unpaired) electrons. The van der Waals surface area contributed by atoms with Crippen LogP contribution >= 0.6 is 11.3 Å². The van der Waals surface area contributed by atoms with Crippen molar-refractivity contribution < 1.29 is 13.9 Å². The van der Waals surface area contributed by atoms with Gasteiger partial charge in [-0.25, -0.2) is 9.78 Å². The van der Waals surface area contributed by atoms with Gasteiger partial charge in [0.2, 0.25) is 10.7 Å². The number of fused-ring (bicyclic) bond motifs is 4. The zero-order valence-electron chi connectivity index (χ0n) is 15.6. The first-order valence-electron chi connectivity index (χ1n) is 8.95. The standard InChI is InChI=1S/C21H15N3O4S/c1-11-9-17(25)24-21(22-11)29-16(23-24)10-27-20(26)18-12(2)14-8-7-13-5-3-4-6-15(13)19(14)28-18/h3-9H,10H2,1-2H3. The summed E-state index contributed by atoms with van der Waals surface area (Å²) in [5, 5.41) is 7.52. The molecule has 0 amide bonds. The van der Waals surface area contributed by atoms with Crippen LogP contribution in [0.25, 0.3) is 26.7 Å². The number of hydrogen-bond donors (Lipinski definition) is 0. The summed E-state index contributed by atoms with van der Waals surface area (Å²) in [6.45, 7) is 3.51. The van der Waals surface area contributed by atoms with Gasteiger partial charge in [-0.05, 0) is 19.2 Å². The highest BCUT2D eigenvalue weighted by atomic mass is 32.1. The largest absolute Gasteiger partial charge is 0.452 e. The molecule has 0 fully saturated rings. The summed E-state index contributed by atoms with van der Waals surface area (Å²) in [4.78, 5) is 29.4. The zero-order valence-corrected chi connectivity index (χ0v) is 16.4. The summed E-state index contributed by atoms with van der Waals surface area (Å²) < 4.78 is 12.5. The third kappa shape index (κ3) is 2.89. The van der Waals surface area contributed by atoms with Crippen molar-refractivity contribution in [1.29, 1.82) is 0 Å². The monoisotopic (exact) mass is 405 g/mol. The van der Waals surface area contributed by atoms with Crippen LogP contribution in [0, 0.1) is 13.8 Å². The minimum Gasteiger partial charge on any atom is -0.452 e. The average molecular weight is 405 g/mol. The number of furan rings is 1. The van der Waals surface area contributed by atoms with E-state index < -0.39 is 5.97 Å². The first kappa shape index (κ1) is 17.6. The molecule has 0 atom stereocenters. The number of nitrogens with zero attached hydrogens (tertiary/aromatic N) is 3. The molecule has 0 saturated heterocycles. The SMILES string of the molecule is Cc1cc(=O)n2nc(COC(=O)c3oc4c(ccc5ccccc54)c3C)sc2n1. The molecule has 3 aromatic heterocycles. The fourth-order valence-corrected chi connectivity index (χ4v) is 4.21. The van der Waals surface area contributed by atoms with Crippen LogP contribution in [0.15, 0.2) is 51.7 Å². The molecule has 0 aliphatic carbocycles. The topological polar surface area (TPSA) is 86.7 Å².